The number of hydroxylamine groups is 2. The highest BCUT2D eigenvalue weighted by molar-refractivity contribution is 5.99. The first kappa shape index (κ1) is 14.3. The van der Waals surface area contributed by atoms with E-state index in [1.165, 1.54) is 0 Å². The van der Waals surface area contributed by atoms with Crippen LogP contribution in [0.2, 0.25) is 0 Å². The summed E-state index contributed by atoms with van der Waals surface area (Å²) in [5.41, 5.74) is 4.14. The van der Waals surface area contributed by atoms with E-state index in [0.717, 1.165) is 16.8 Å². The Morgan fingerprint density at radius 1 is 1.30 bits per heavy atom. The molecule has 0 spiro atoms. The van der Waals surface area contributed by atoms with Gasteiger partial charge >= 0.3 is 0 Å². The van der Waals surface area contributed by atoms with Crippen LogP contribution in [0.3, 0.4) is 0 Å². The Morgan fingerprint density at radius 3 is 2.50 bits per heavy atom. The molecule has 2 rings (SSSR count). The minimum absolute atomic E-state index is 0.00818. The van der Waals surface area contributed by atoms with Crippen LogP contribution in [0.1, 0.15) is 26.3 Å². The summed E-state index contributed by atoms with van der Waals surface area (Å²) in [5.74, 6) is -0.00818. The number of ketones is 1. The summed E-state index contributed by atoms with van der Waals surface area (Å²) in [6, 6.07) is 9.97. The Labute approximate surface area is 119 Å². The molecule has 0 bridgehead atoms. The molecule has 104 valence electrons. The lowest BCUT2D eigenvalue weighted by molar-refractivity contribution is -0.115. The van der Waals surface area contributed by atoms with Crippen LogP contribution >= 0.6 is 0 Å². The fourth-order valence-electron chi connectivity index (χ4n) is 2.29. The molecule has 1 aliphatic heterocycles. The predicted molar refractivity (Wildman–Crippen MR) is 80.4 cm³/mol. The fourth-order valence-corrected chi connectivity index (χ4v) is 2.29. The molecule has 1 aliphatic rings. The van der Waals surface area contributed by atoms with E-state index in [1.54, 1.807) is 12.0 Å². The molecule has 0 unspecified atom stereocenters. The second kappa shape index (κ2) is 5.88. The molecule has 3 nitrogen and oxygen atoms in total. The predicted octanol–water partition coefficient (Wildman–Crippen LogP) is 3.71. The molecule has 0 radical (unpaired) electrons. The summed E-state index contributed by atoms with van der Waals surface area (Å²) >= 11 is 0. The monoisotopic (exact) mass is 269 g/mol. The quantitative estimate of drug-likeness (QED) is 0.834. The molecule has 0 atom stereocenters. The molecule has 1 aromatic rings. The summed E-state index contributed by atoms with van der Waals surface area (Å²) in [5, 5.41) is 1.67. The van der Waals surface area contributed by atoms with Crippen molar-refractivity contribution in [3.8, 4) is 0 Å². The van der Waals surface area contributed by atoms with Gasteiger partial charge in [-0.05, 0) is 32.4 Å². The van der Waals surface area contributed by atoms with Crippen molar-refractivity contribution in [3.05, 3.63) is 65.4 Å². The highest BCUT2D eigenvalue weighted by atomic mass is 16.7. The first-order chi connectivity index (χ1) is 9.56. The van der Waals surface area contributed by atoms with E-state index in [-0.39, 0.29) is 5.78 Å². The van der Waals surface area contributed by atoms with Crippen LogP contribution in [-0.4, -0.2) is 17.5 Å². The molecular weight excluding hydrogens is 250 g/mol. The van der Waals surface area contributed by atoms with Crippen LogP contribution in [0.15, 0.2) is 59.8 Å². The van der Waals surface area contributed by atoms with E-state index in [4.69, 9.17) is 4.84 Å². The lowest BCUT2D eigenvalue weighted by atomic mass is 9.97. The van der Waals surface area contributed by atoms with Crippen molar-refractivity contribution in [2.45, 2.75) is 20.8 Å². The molecule has 0 saturated carbocycles. The second-order valence-corrected chi connectivity index (χ2v) is 4.67. The van der Waals surface area contributed by atoms with Gasteiger partial charge in [-0.25, -0.2) is 5.06 Å². The second-order valence-electron chi connectivity index (χ2n) is 4.67. The van der Waals surface area contributed by atoms with Crippen LogP contribution in [0.25, 0.3) is 5.70 Å². The van der Waals surface area contributed by atoms with Crippen molar-refractivity contribution in [1.29, 1.82) is 0 Å². The molecule has 1 heterocycles. The maximum absolute atomic E-state index is 11.7. The zero-order chi connectivity index (χ0) is 14.7. The van der Waals surface area contributed by atoms with Crippen LogP contribution in [-0.2, 0) is 9.63 Å². The lowest BCUT2D eigenvalue weighted by Crippen LogP contribution is -2.27. The molecule has 0 saturated heterocycles. The summed E-state index contributed by atoms with van der Waals surface area (Å²) in [6.45, 7) is 9.95. The largest absolute Gasteiger partial charge is 0.294 e. The molecule has 0 amide bonds. The Kier molecular flexibility index (Phi) is 4.20. The number of hydrogen-bond donors (Lipinski definition) is 0. The zero-order valence-electron chi connectivity index (χ0n) is 12.1. The van der Waals surface area contributed by atoms with Crippen LogP contribution in [0.5, 0.6) is 0 Å². The topological polar surface area (TPSA) is 29.5 Å². The van der Waals surface area contributed by atoms with Gasteiger partial charge in [0.05, 0.1) is 18.0 Å². The lowest BCUT2D eigenvalue weighted by Gasteiger charge is -2.32. The maximum Gasteiger partial charge on any atom is 0.161 e. The molecule has 20 heavy (non-hydrogen) atoms. The van der Waals surface area contributed by atoms with E-state index < -0.39 is 0 Å². The SMILES string of the molecule is C=C1C(C(C)=O)=CC(C)=C(c2ccccc2)N1OCC. The van der Waals surface area contributed by atoms with Gasteiger partial charge in [-0.1, -0.05) is 36.9 Å². The number of hydrogen-bond acceptors (Lipinski definition) is 3. The van der Waals surface area contributed by atoms with Crippen molar-refractivity contribution in [2.24, 2.45) is 0 Å². The Balaban J connectivity index is 2.57. The number of carbonyl (C=O) groups is 1. The average molecular weight is 269 g/mol. The summed E-state index contributed by atoms with van der Waals surface area (Å²) in [4.78, 5) is 17.4. The molecule has 0 N–H and O–H groups in total. The van der Waals surface area contributed by atoms with Crippen molar-refractivity contribution < 1.29 is 9.63 Å². The van der Waals surface area contributed by atoms with Gasteiger partial charge in [0.2, 0.25) is 0 Å². The molecule has 0 aromatic heterocycles. The highest BCUT2D eigenvalue weighted by Crippen LogP contribution is 2.35. The van der Waals surface area contributed by atoms with Gasteiger partial charge < -0.3 is 0 Å². The van der Waals surface area contributed by atoms with Gasteiger partial charge in [0, 0.05) is 11.1 Å². The molecule has 1 aromatic carbocycles. The number of Topliss-reactive ketones (excluding diaryl/α,β-unsaturated/α-hetero) is 1. The Bertz CT molecular complexity index is 597. The molecule has 3 heteroatoms. The molecule has 0 aliphatic carbocycles. The number of allylic oxidation sites excluding steroid dienone is 3. The van der Waals surface area contributed by atoms with Gasteiger partial charge in [-0.3, -0.25) is 9.63 Å². The van der Waals surface area contributed by atoms with Crippen molar-refractivity contribution in [2.75, 3.05) is 6.61 Å². The number of carbonyl (C=O) groups excluding carboxylic acids is 1. The summed E-state index contributed by atoms with van der Waals surface area (Å²) in [7, 11) is 0. The smallest absolute Gasteiger partial charge is 0.161 e. The van der Waals surface area contributed by atoms with E-state index >= 15 is 0 Å². The highest BCUT2D eigenvalue weighted by Gasteiger charge is 2.26. The third kappa shape index (κ3) is 2.58. The third-order valence-electron chi connectivity index (χ3n) is 3.18. The van der Waals surface area contributed by atoms with Gasteiger partial charge in [0.1, 0.15) is 0 Å². The number of nitrogens with zero attached hydrogens (tertiary/aromatic N) is 1. The van der Waals surface area contributed by atoms with Crippen LogP contribution < -0.4 is 0 Å². The Hall–Kier alpha value is -2.13. The number of benzene rings is 1. The average Bonchev–Trinajstić information content (AvgIpc) is 2.43. The van der Waals surface area contributed by atoms with Gasteiger partial charge in [0.25, 0.3) is 0 Å². The van der Waals surface area contributed by atoms with E-state index in [9.17, 15) is 4.79 Å². The van der Waals surface area contributed by atoms with Crippen molar-refractivity contribution in [3.63, 3.8) is 0 Å². The van der Waals surface area contributed by atoms with E-state index in [2.05, 4.69) is 6.58 Å². The van der Waals surface area contributed by atoms with Gasteiger partial charge in [-0.2, -0.15) is 0 Å². The molecular formula is C17H19NO2. The molecule has 0 fully saturated rings. The van der Waals surface area contributed by atoms with Crippen molar-refractivity contribution >= 4 is 11.5 Å². The van der Waals surface area contributed by atoms with Crippen LogP contribution in [0.4, 0.5) is 0 Å². The number of rotatable bonds is 4. The van der Waals surface area contributed by atoms with Gasteiger partial charge in [-0.15, -0.1) is 0 Å². The first-order valence-corrected chi connectivity index (χ1v) is 6.67. The minimum Gasteiger partial charge on any atom is -0.294 e. The standard InChI is InChI=1S/C17H19NO2/c1-5-20-18-13(3)16(14(4)19)11-12(2)17(18)15-9-7-6-8-10-15/h6-11H,3,5H2,1-2,4H3. The van der Waals surface area contributed by atoms with Crippen LogP contribution in [0, 0.1) is 0 Å². The third-order valence-corrected chi connectivity index (χ3v) is 3.18. The Morgan fingerprint density at radius 2 is 1.95 bits per heavy atom. The summed E-state index contributed by atoms with van der Waals surface area (Å²) in [6.07, 6.45) is 1.88. The minimum atomic E-state index is -0.00818. The normalized spacial score (nSPS) is 15.4. The summed E-state index contributed by atoms with van der Waals surface area (Å²) < 4.78 is 0. The maximum atomic E-state index is 11.7. The van der Waals surface area contributed by atoms with E-state index in [1.807, 2.05) is 50.3 Å². The fraction of sp³-hybridized carbons (Fsp3) is 0.235. The van der Waals surface area contributed by atoms with Gasteiger partial charge in [0.15, 0.2) is 5.78 Å². The first-order valence-electron chi connectivity index (χ1n) is 6.67. The zero-order valence-corrected chi connectivity index (χ0v) is 12.1. The van der Waals surface area contributed by atoms with E-state index in [0.29, 0.717) is 17.9 Å². The van der Waals surface area contributed by atoms with Crippen molar-refractivity contribution in [1.82, 2.24) is 5.06 Å².